The number of hydrogen-bond acceptors (Lipinski definition) is 3. The van der Waals surface area contributed by atoms with Crippen molar-refractivity contribution in [1.82, 2.24) is 10.2 Å². The number of hydrogen-bond donors (Lipinski definition) is 0. The number of rotatable bonds is 3. The van der Waals surface area contributed by atoms with Gasteiger partial charge < -0.3 is 0 Å². The van der Waals surface area contributed by atoms with E-state index in [0.29, 0.717) is 0 Å². The third-order valence-electron chi connectivity index (χ3n) is 2.51. The Bertz CT molecular complexity index is 281. The van der Waals surface area contributed by atoms with Crippen molar-refractivity contribution >= 4 is 22.9 Å². The van der Waals surface area contributed by atoms with Gasteiger partial charge in [-0.1, -0.05) is 30.6 Å². The molecule has 2 rings (SSSR count). The van der Waals surface area contributed by atoms with Gasteiger partial charge in [-0.2, -0.15) is 0 Å². The Morgan fingerprint density at radius 2 is 2.31 bits per heavy atom. The van der Waals surface area contributed by atoms with Gasteiger partial charge in [-0.3, -0.25) is 0 Å². The van der Waals surface area contributed by atoms with E-state index >= 15 is 0 Å². The van der Waals surface area contributed by atoms with E-state index in [4.69, 9.17) is 11.6 Å². The van der Waals surface area contributed by atoms with Crippen LogP contribution >= 0.6 is 22.9 Å². The van der Waals surface area contributed by atoms with Crippen molar-refractivity contribution in [3.05, 3.63) is 10.0 Å². The molecule has 72 valence electrons. The lowest BCUT2D eigenvalue weighted by molar-refractivity contribution is 0.313. The highest BCUT2D eigenvalue weighted by Gasteiger charge is 2.20. The lowest BCUT2D eigenvalue weighted by Gasteiger charge is -2.23. The second kappa shape index (κ2) is 3.93. The molecule has 0 saturated heterocycles. The summed E-state index contributed by atoms with van der Waals surface area (Å²) >= 11 is 7.57. The van der Waals surface area contributed by atoms with Gasteiger partial charge in [0.15, 0.2) is 0 Å². The van der Waals surface area contributed by atoms with Crippen LogP contribution in [0.1, 0.15) is 41.6 Å². The second-order valence-electron chi connectivity index (χ2n) is 3.65. The van der Waals surface area contributed by atoms with Gasteiger partial charge in [0.2, 0.25) is 0 Å². The number of alkyl halides is 1. The van der Waals surface area contributed by atoms with Gasteiger partial charge in [0, 0.05) is 6.42 Å². The van der Waals surface area contributed by atoms with E-state index in [0.717, 1.165) is 22.4 Å². The van der Waals surface area contributed by atoms with Crippen LogP contribution in [0, 0.1) is 5.92 Å². The van der Waals surface area contributed by atoms with E-state index in [1.54, 1.807) is 11.3 Å². The monoisotopic (exact) mass is 216 g/mol. The Balaban J connectivity index is 1.96. The largest absolute Gasteiger partial charge is 0.143 e. The van der Waals surface area contributed by atoms with Crippen molar-refractivity contribution in [1.29, 1.82) is 0 Å². The first-order valence-electron chi connectivity index (χ1n) is 4.72. The zero-order valence-corrected chi connectivity index (χ0v) is 9.24. The van der Waals surface area contributed by atoms with Crippen LogP contribution in [0.5, 0.6) is 0 Å². The third kappa shape index (κ3) is 2.20. The minimum absolute atomic E-state index is 0.00707. The van der Waals surface area contributed by atoms with E-state index < -0.39 is 0 Å². The lowest BCUT2D eigenvalue weighted by atomic mass is 9.83. The van der Waals surface area contributed by atoms with E-state index in [2.05, 4.69) is 10.2 Å². The van der Waals surface area contributed by atoms with Gasteiger partial charge in [0.05, 0.1) is 5.38 Å². The van der Waals surface area contributed by atoms with Gasteiger partial charge in [-0.25, -0.2) is 0 Å². The molecular formula is C9H13ClN2S. The van der Waals surface area contributed by atoms with Crippen LogP contribution in [0.15, 0.2) is 0 Å². The summed E-state index contributed by atoms with van der Waals surface area (Å²) in [6.07, 6.45) is 5.24. The molecule has 1 fully saturated rings. The van der Waals surface area contributed by atoms with Crippen molar-refractivity contribution in [2.75, 3.05) is 0 Å². The van der Waals surface area contributed by atoms with E-state index in [-0.39, 0.29) is 5.38 Å². The number of nitrogens with zero attached hydrogens (tertiary/aromatic N) is 2. The summed E-state index contributed by atoms with van der Waals surface area (Å²) in [5, 5.41) is 10.3. The first-order chi connectivity index (χ1) is 6.25. The van der Waals surface area contributed by atoms with Gasteiger partial charge in [-0.15, -0.1) is 21.8 Å². The summed E-state index contributed by atoms with van der Waals surface area (Å²) in [7, 11) is 0. The molecule has 0 aromatic carbocycles. The predicted molar refractivity (Wildman–Crippen MR) is 55.2 cm³/mol. The highest BCUT2D eigenvalue weighted by atomic mass is 35.5. The normalized spacial score (nSPS) is 19.8. The molecule has 0 spiro atoms. The van der Waals surface area contributed by atoms with Crippen molar-refractivity contribution in [2.45, 2.75) is 38.0 Å². The second-order valence-corrected chi connectivity index (χ2v) is 5.40. The van der Waals surface area contributed by atoms with Crippen LogP contribution in [0.25, 0.3) is 0 Å². The minimum Gasteiger partial charge on any atom is -0.143 e. The van der Waals surface area contributed by atoms with Crippen LogP contribution in [0.4, 0.5) is 0 Å². The summed E-state index contributed by atoms with van der Waals surface area (Å²) in [6.45, 7) is 1.94. The number of halogens is 1. The van der Waals surface area contributed by atoms with Crippen molar-refractivity contribution in [3.8, 4) is 0 Å². The lowest BCUT2D eigenvalue weighted by Crippen LogP contribution is -2.13. The third-order valence-corrected chi connectivity index (χ3v) is 3.98. The fraction of sp³-hybridized carbons (Fsp3) is 0.778. The Labute approximate surface area is 87.3 Å². The Morgan fingerprint density at radius 3 is 2.77 bits per heavy atom. The first-order valence-corrected chi connectivity index (χ1v) is 5.97. The van der Waals surface area contributed by atoms with E-state index in [9.17, 15) is 0 Å². The van der Waals surface area contributed by atoms with Crippen molar-refractivity contribution in [2.24, 2.45) is 5.92 Å². The molecule has 0 N–H and O–H groups in total. The average molecular weight is 217 g/mol. The highest BCUT2D eigenvalue weighted by molar-refractivity contribution is 7.11. The summed E-state index contributed by atoms with van der Waals surface area (Å²) < 4.78 is 0. The molecule has 0 radical (unpaired) electrons. The fourth-order valence-corrected chi connectivity index (χ4v) is 2.52. The summed E-state index contributed by atoms with van der Waals surface area (Å²) in [5.41, 5.74) is 0. The van der Waals surface area contributed by atoms with Crippen molar-refractivity contribution < 1.29 is 0 Å². The standard InChI is InChI=1S/C9H13ClN2S/c1-6(10)9-12-11-8(13-9)5-7-3-2-4-7/h6-7H,2-5H2,1H3. The molecule has 1 aromatic heterocycles. The van der Waals surface area contributed by atoms with E-state index in [1.165, 1.54) is 19.3 Å². The Morgan fingerprint density at radius 1 is 1.54 bits per heavy atom. The zero-order chi connectivity index (χ0) is 9.26. The van der Waals surface area contributed by atoms with Gasteiger partial charge in [-0.05, 0) is 12.8 Å². The highest BCUT2D eigenvalue weighted by Crippen LogP contribution is 2.31. The van der Waals surface area contributed by atoms with Crippen LogP contribution in [-0.4, -0.2) is 10.2 Å². The first kappa shape index (κ1) is 9.41. The fourth-order valence-electron chi connectivity index (χ4n) is 1.45. The molecule has 1 atom stereocenters. The van der Waals surface area contributed by atoms with Crippen LogP contribution < -0.4 is 0 Å². The quantitative estimate of drug-likeness (QED) is 0.726. The smallest absolute Gasteiger partial charge is 0.135 e. The van der Waals surface area contributed by atoms with Crippen LogP contribution in [0.2, 0.25) is 0 Å². The maximum Gasteiger partial charge on any atom is 0.135 e. The topological polar surface area (TPSA) is 25.8 Å². The predicted octanol–water partition coefficient (Wildman–Crippen LogP) is 3.18. The molecular weight excluding hydrogens is 204 g/mol. The summed E-state index contributed by atoms with van der Waals surface area (Å²) in [5.74, 6) is 0.867. The summed E-state index contributed by atoms with van der Waals surface area (Å²) in [6, 6.07) is 0. The zero-order valence-electron chi connectivity index (χ0n) is 7.66. The molecule has 1 aliphatic rings. The number of aromatic nitrogens is 2. The van der Waals surface area contributed by atoms with Crippen LogP contribution in [-0.2, 0) is 6.42 Å². The van der Waals surface area contributed by atoms with E-state index in [1.807, 2.05) is 6.92 Å². The van der Waals surface area contributed by atoms with Crippen LogP contribution in [0.3, 0.4) is 0 Å². The minimum atomic E-state index is 0.00707. The molecule has 1 heterocycles. The molecule has 1 saturated carbocycles. The molecule has 0 bridgehead atoms. The molecule has 2 nitrogen and oxygen atoms in total. The maximum absolute atomic E-state index is 5.91. The Hall–Kier alpha value is -0.150. The molecule has 1 aromatic rings. The van der Waals surface area contributed by atoms with Gasteiger partial charge in [0.1, 0.15) is 10.0 Å². The molecule has 1 aliphatic carbocycles. The Kier molecular flexibility index (Phi) is 2.84. The average Bonchev–Trinajstić information content (AvgIpc) is 2.44. The molecule has 13 heavy (non-hydrogen) atoms. The molecule has 4 heteroatoms. The SMILES string of the molecule is CC(Cl)c1nnc(CC2CCC2)s1. The molecule has 0 amide bonds. The molecule has 1 unspecified atom stereocenters. The van der Waals surface area contributed by atoms with Crippen molar-refractivity contribution in [3.63, 3.8) is 0 Å². The van der Waals surface area contributed by atoms with Gasteiger partial charge in [0.25, 0.3) is 0 Å². The molecule has 0 aliphatic heterocycles. The summed E-state index contributed by atoms with van der Waals surface area (Å²) in [4.78, 5) is 0. The van der Waals surface area contributed by atoms with Gasteiger partial charge >= 0.3 is 0 Å². The maximum atomic E-state index is 5.91.